The van der Waals surface area contributed by atoms with Crippen molar-refractivity contribution in [3.05, 3.63) is 35.9 Å². The second kappa shape index (κ2) is 7.41. The summed E-state index contributed by atoms with van der Waals surface area (Å²) < 4.78 is 5.00. The minimum Gasteiger partial charge on any atom is -0.445 e. The van der Waals surface area contributed by atoms with E-state index in [0.29, 0.717) is 6.42 Å². The Morgan fingerprint density at radius 2 is 1.89 bits per heavy atom. The van der Waals surface area contributed by atoms with Crippen molar-refractivity contribution in [3.63, 3.8) is 0 Å². The van der Waals surface area contributed by atoms with Gasteiger partial charge in [0.1, 0.15) is 12.6 Å². The van der Waals surface area contributed by atoms with Crippen molar-refractivity contribution in [2.75, 3.05) is 0 Å². The largest absolute Gasteiger partial charge is 0.445 e. The minimum atomic E-state index is -0.803. The Balaban J connectivity index is 2.42. The topological polar surface area (TPSA) is 79.2 Å². The smallest absolute Gasteiger partial charge is 0.408 e. The SMILES string of the molecule is CC(C)CC(NC(=O)OCc1ccccc1)C([NH])=O. The fraction of sp³-hybridized carbons (Fsp3) is 0.429. The van der Waals surface area contributed by atoms with Crippen LogP contribution in [0.25, 0.3) is 0 Å². The van der Waals surface area contributed by atoms with Crippen LogP contribution in [-0.4, -0.2) is 18.0 Å². The fourth-order valence-electron chi connectivity index (χ4n) is 1.61. The molecule has 19 heavy (non-hydrogen) atoms. The third kappa shape index (κ3) is 5.90. The third-order valence-electron chi connectivity index (χ3n) is 2.53. The highest BCUT2D eigenvalue weighted by molar-refractivity contribution is 5.83. The molecule has 0 saturated heterocycles. The van der Waals surface area contributed by atoms with E-state index in [-0.39, 0.29) is 12.5 Å². The zero-order valence-electron chi connectivity index (χ0n) is 11.2. The van der Waals surface area contributed by atoms with Gasteiger partial charge in [-0.15, -0.1) is 0 Å². The monoisotopic (exact) mass is 263 g/mol. The van der Waals surface area contributed by atoms with Gasteiger partial charge in [0.25, 0.3) is 5.91 Å². The summed E-state index contributed by atoms with van der Waals surface area (Å²) >= 11 is 0. The van der Waals surface area contributed by atoms with Crippen LogP contribution in [0.2, 0.25) is 0 Å². The molecule has 5 nitrogen and oxygen atoms in total. The van der Waals surface area contributed by atoms with Gasteiger partial charge in [-0.3, -0.25) is 10.5 Å². The molecule has 1 aromatic rings. The standard InChI is InChI=1S/C14H19N2O3/c1-10(2)8-12(13(15)17)16-14(18)19-9-11-6-4-3-5-7-11/h3-7,10,12,15H,8-9H2,1-2H3,(H,16,18). The lowest BCUT2D eigenvalue weighted by Crippen LogP contribution is -2.42. The van der Waals surface area contributed by atoms with E-state index in [1.807, 2.05) is 44.2 Å². The van der Waals surface area contributed by atoms with E-state index in [0.717, 1.165) is 5.56 Å². The van der Waals surface area contributed by atoms with E-state index < -0.39 is 18.0 Å². The first-order chi connectivity index (χ1) is 8.99. The lowest BCUT2D eigenvalue weighted by Gasteiger charge is -2.16. The van der Waals surface area contributed by atoms with Gasteiger partial charge in [-0.05, 0) is 17.9 Å². The van der Waals surface area contributed by atoms with Crippen molar-refractivity contribution < 1.29 is 14.3 Å². The molecular formula is C14H19N2O3. The maximum Gasteiger partial charge on any atom is 0.408 e. The second-order valence-electron chi connectivity index (χ2n) is 4.75. The number of nitrogens with one attached hydrogen (secondary N) is 2. The molecule has 1 radical (unpaired) electrons. The van der Waals surface area contributed by atoms with E-state index in [9.17, 15) is 9.59 Å². The zero-order chi connectivity index (χ0) is 14.3. The summed E-state index contributed by atoms with van der Waals surface area (Å²) in [5.41, 5.74) is 7.98. The number of carbonyl (C=O) groups is 2. The van der Waals surface area contributed by atoms with Crippen LogP contribution in [0.3, 0.4) is 0 Å². The summed E-state index contributed by atoms with van der Waals surface area (Å²) in [6.07, 6.45) is -0.238. The molecule has 1 rings (SSSR count). The quantitative estimate of drug-likeness (QED) is 0.853. The Morgan fingerprint density at radius 3 is 2.42 bits per heavy atom. The van der Waals surface area contributed by atoms with Crippen LogP contribution in [0.15, 0.2) is 30.3 Å². The molecule has 0 bridgehead atoms. The number of rotatable bonds is 6. The van der Waals surface area contributed by atoms with Gasteiger partial charge in [-0.1, -0.05) is 44.2 Å². The number of amides is 2. The predicted octanol–water partition coefficient (Wildman–Crippen LogP) is 2.14. The number of ether oxygens (including phenoxy) is 1. The first-order valence-electron chi connectivity index (χ1n) is 6.21. The van der Waals surface area contributed by atoms with Crippen LogP contribution in [-0.2, 0) is 16.1 Å². The van der Waals surface area contributed by atoms with Crippen molar-refractivity contribution in [1.29, 1.82) is 0 Å². The second-order valence-corrected chi connectivity index (χ2v) is 4.75. The Hall–Kier alpha value is -2.04. The summed E-state index contributed by atoms with van der Waals surface area (Å²) in [6.45, 7) is 3.99. The average molecular weight is 263 g/mol. The van der Waals surface area contributed by atoms with Crippen molar-refractivity contribution >= 4 is 12.0 Å². The summed E-state index contributed by atoms with van der Waals surface area (Å²) in [4.78, 5) is 22.6. The maximum absolute atomic E-state index is 11.5. The molecule has 2 amide bonds. The Labute approximate surface area is 113 Å². The Kier molecular flexibility index (Phi) is 5.85. The Morgan fingerprint density at radius 1 is 1.26 bits per heavy atom. The van der Waals surface area contributed by atoms with Gasteiger partial charge in [0.05, 0.1) is 0 Å². The molecule has 5 heteroatoms. The van der Waals surface area contributed by atoms with E-state index in [2.05, 4.69) is 5.32 Å². The highest BCUT2D eigenvalue weighted by Gasteiger charge is 2.20. The number of carbonyl (C=O) groups excluding carboxylic acids is 2. The van der Waals surface area contributed by atoms with Crippen LogP contribution in [0, 0.1) is 5.92 Å². The molecule has 0 saturated carbocycles. The molecule has 0 fully saturated rings. The molecular weight excluding hydrogens is 244 g/mol. The highest BCUT2D eigenvalue weighted by Crippen LogP contribution is 2.06. The van der Waals surface area contributed by atoms with Crippen LogP contribution in [0.1, 0.15) is 25.8 Å². The van der Waals surface area contributed by atoms with Crippen LogP contribution in [0.4, 0.5) is 4.79 Å². The first-order valence-corrected chi connectivity index (χ1v) is 6.21. The van der Waals surface area contributed by atoms with Gasteiger partial charge in [-0.25, -0.2) is 4.79 Å². The van der Waals surface area contributed by atoms with Gasteiger partial charge < -0.3 is 10.1 Å². The van der Waals surface area contributed by atoms with Gasteiger partial charge in [-0.2, -0.15) is 0 Å². The maximum atomic E-state index is 11.5. The van der Waals surface area contributed by atoms with Crippen molar-refractivity contribution in [3.8, 4) is 0 Å². The van der Waals surface area contributed by atoms with Gasteiger partial charge in [0.2, 0.25) is 0 Å². The summed E-state index contributed by atoms with van der Waals surface area (Å²) in [5.74, 6) is -0.584. The van der Waals surface area contributed by atoms with Crippen molar-refractivity contribution in [2.24, 2.45) is 5.92 Å². The lowest BCUT2D eigenvalue weighted by atomic mass is 10.0. The predicted molar refractivity (Wildman–Crippen MR) is 71.1 cm³/mol. The molecule has 0 aromatic heterocycles. The van der Waals surface area contributed by atoms with Gasteiger partial charge in [0, 0.05) is 0 Å². The Bertz CT molecular complexity index is 418. The molecule has 1 unspecified atom stereocenters. The van der Waals surface area contributed by atoms with Gasteiger partial charge >= 0.3 is 6.09 Å². The number of hydrogen-bond donors (Lipinski definition) is 1. The van der Waals surface area contributed by atoms with Gasteiger partial charge in [0.15, 0.2) is 0 Å². The molecule has 0 spiro atoms. The molecule has 0 heterocycles. The van der Waals surface area contributed by atoms with Crippen molar-refractivity contribution in [2.45, 2.75) is 32.9 Å². The molecule has 0 aliphatic heterocycles. The van der Waals surface area contributed by atoms with E-state index in [1.165, 1.54) is 0 Å². The van der Waals surface area contributed by atoms with E-state index in [1.54, 1.807) is 0 Å². The van der Waals surface area contributed by atoms with Crippen LogP contribution >= 0.6 is 0 Å². The van der Waals surface area contributed by atoms with Crippen molar-refractivity contribution in [1.82, 2.24) is 11.1 Å². The highest BCUT2D eigenvalue weighted by atomic mass is 16.5. The summed E-state index contributed by atoms with van der Waals surface area (Å²) in [7, 11) is 0. The molecule has 0 aliphatic rings. The molecule has 0 aliphatic carbocycles. The molecule has 1 atom stereocenters. The summed E-state index contributed by atoms with van der Waals surface area (Å²) in [6, 6.07) is 8.46. The average Bonchev–Trinajstić information content (AvgIpc) is 2.36. The molecule has 1 aromatic carbocycles. The molecule has 2 N–H and O–H groups in total. The minimum absolute atomic E-state index is 0.146. The van der Waals surface area contributed by atoms with E-state index >= 15 is 0 Å². The van der Waals surface area contributed by atoms with E-state index in [4.69, 9.17) is 10.5 Å². The number of hydrogen-bond acceptors (Lipinski definition) is 3. The first kappa shape index (κ1) is 15.0. The number of benzene rings is 1. The zero-order valence-corrected chi connectivity index (χ0v) is 11.2. The van der Waals surface area contributed by atoms with Crippen LogP contribution < -0.4 is 11.1 Å². The normalized spacial score (nSPS) is 11.9. The lowest BCUT2D eigenvalue weighted by molar-refractivity contribution is -0.120. The summed E-state index contributed by atoms with van der Waals surface area (Å²) in [5, 5.41) is 2.42. The molecule has 103 valence electrons. The van der Waals surface area contributed by atoms with Crippen LogP contribution in [0.5, 0.6) is 0 Å². The number of alkyl carbamates (subject to hydrolysis) is 1. The fourth-order valence-corrected chi connectivity index (χ4v) is 1.61. The third-order valence-corrected chi connectivity index (χ3v) is 2.53.